The third-order valence-corrected chi connectivity index (χ3v) is 2.61. The van der Waals surface area contributed by atoms with Crippen molar-refractivity contribution in [2.75, 3.05) is 12.3 Å². The van der Waals surface area contributed by atoms with Gasteiger partial charge in [0.2, 0.25) is 11.8 Å². The summed E-state index contributed by atoms with van der Waals surface area (Å²) in [5.74, 6) is 1.44. The summed E-state index contributed by atoms with van der Waals surface area (Å²) in [6.45, 7) is 0.814. The van der Waals surface area contributed by atoms with Gasteiger partial charge in [-0.05, 0) is 12.8 Å². The Hall–Kier alpha value is -1.96. The van der Waals surface area contributed by atoms with Crippen molar-refractivity contribution < 1.29 is 9.26 Å². The number of ether oxygens (including phenoxy) is 1. The van der Waals surface area contributed by atoms with Crippen molar-refractivity contribution >= 4 is 5.95 Å². The lowest BCUT2D eigenvalue weighted by molar-refractivity contribution is 0.109. The predicted molar refractivity (Wildman–Crippen MR) is 56.8 cm³/mol. The first kappa shape index (κ1) is 10.2. The van der Waals surface area contributed by atoms with Crippen molar-refractivity contribution in [3.63, 3.8) is 0 Å². The summed E-state index contributed by atoms with van der Waals surface area (Å²) in [7, 11) is 0. The second-order valence-electron chi connectivity index (χ2n) is 3.90. The van der Waals surface area contributed by atoms with Gasteiger partial charge in [-0.1, -0.05) is 5.16 Å². The van der Waals surface area contributed by atoms with Gasteiger partial charge in [0.25, 0.3) is 5.89 Å². The van der Waals surface area contributed by atoms with Gasteiger partial charge in [0.15, 0.2) is 5.82 Å². The first-order valence-electron chi connectivity index (χ1n) is 5.44. The molecule has 0 spiro atoms. The molecule has 0 radical (unpaired) electrons. The van der Waals surface area contributed by atoms with E-state index >= 15 is 0 Å². The molecule has 2 aromatic rings. The third-order valence-electron chi connectivity index (χ3n) is 2.61. The molecule has 17 heavy (non-hydrogen) atoms. The maximum Gasteiger partial charge on any atom is 0.295 e. The first-order valence-corrected chi connectivity index (χ1v) is 5.44. The van der Waals surface area contributed by atoms with Crippen LogP contribution in [0.5, 0.6) is 0 Å². The van der Waals surface area contributed by atoms with Crippen LogP contribution in [0.1, 0.15) is 18.7 Å². The highest BCUT2D eigenvalue weighted by molar-refractivity contribution is 5.41. The number of aromatic nitrogens is 5. The van der Waals surface area contributed by atoms with Crippen molar-refractivity contribution in [2.24, 2.45) is 0 Å². The smallest absolute Gasteiger partial charge is 0.295 e. The van der Waals surface area contributed by atoms with E-state index < -0.39 is 0 Å². The molecule has 1 fully saturated rings. The van der Waals surface area contributed by atoms with Gasteiger partial charge in [-0.15, -0.1) is 5.10 Å². The van der Waals surface area contributed by atoms with Crippen molar-refractivity contribution in [1.82, 2.24) is 25.3 Å². The maximum absolute atomic E-state index is 5.50. The van der Waals surface area contributed by atoms with Crippen LogP contribution in [0.3, 0.4) is 0 Å². The van der Waals surface area contributed by atoms with Gasteiger partial charge in [-0.3, -0.25) is 5.10 Å². The summed E-state index contributed by atoms with van der Waals surface area (Å²) in [6.07, 6.45) is 2.99. The minimum absolute atomic E-state index is 0.152. The van der Waals surface area contributed by atoms with Crippen LogP contribution in [-0.4, -0.2) is 38.0 Å². The topological polar surface area (TPSA) is 116 Å². The fourth-order valence-electron chi connectivity index (χ4n) is 1.81. The average Bonchev–Trinajstić information content (AvgIpc) is 2.99. The number of rotatable bonds is 3. The molecule has 1 atom stereocenters. The number of nitrogens with zero attached hydrogens (tertiary/aromatic N) is 4. The standard InChI is InChI=1S/C9H12N6O2/c10-9-12-7(13-14-9)8-11-6(15-17-8)4-5-2-1-3-16-5/h5H,1-4H2,(H3,10,12,13,14). The fraction of sp³-hybridized carbons (Fsp3) is 0.556. The normalized spacial score (nSPS) is 19.9. The van der Waals surface area contributed by atoms with Gasteiger partial charge in [-0.25, -0.2) is 0 Å². The summed E-state index contributed by atoms with van der Waals surface area (Å²) in [5.41, 5.74) is 5.39. The van der Waals surface area contributed by atoms with E-state index in [-0.39, 0.29) is 12.1 Å². The molecule has 0 bridgehead atoms. The Labute approximate surface area is 96.6 Å². The highest BCUT2D eigenvalue weighted by Gasteiger charge is 2.20. The molecule has 1 aliphatic heterocycles. The molecule has 0 saturated carbocycles. The monoisotopic (exact) mass is 236 g/mol. The molecular weight excluding hydrogens is 224 g/mol. The second-order valence-corrected chi connectivity index (χ2v) is 3.90. The molecule has 8 nitrogen and oxygen atoms in total. The molecule has 3 N–H and O–H groups in total. The number of aromatic amines is 1. The minimum Gasteiger partial charge on any atom is -0.378 e. The summed E-state index contributed by atoms with van der Waals surface area (Å²) in [5, 5.41) is 10.2. The van der Waals surface area contributed by atoms with Crippen molar-refractivity contribution in [2.45, 2.75) is 25.4 Å². The molecule has 0 amide bonds. The molecule has 1 aliphatic rings. The number of nitrogens with one attached hydrogen (secondary N) is 1. The zero-order chi connectivity index (χ0) is 11.7. The van der Waals surface area contributed by atoms with E-state index in [1.54, 1.807) is 0 Å². The number of nitrogens with two attached hydrogens (primary N) is 1. The lowest BCUT2D eigenvalue weighted by Gasteiger charge is -2.03. The number of anilines is 1. The van der Waals surface area contributed by atoms with Crippen LogP contribution < -0.4 is 5.73 Å². The molecule has 1 unspecified atom stereocenters. The van der Waals surface area contributed by atoms with Crippen LogP contribution in [0.2, 0.25) is 0 Å². The largest absolute Gasteiger partial charge is 0.378 e. The number of nitrogen functional groups attached to an aromatic ring is 1. The Balaban J connectivity index is 1.73. The quantitative estimate of drug-likeness (QED) is 0.779. The summed E-state index contributed by atoms with van der Waals surface area (Å²) in [6, 6.07) is 0. The Morgan fingerprint density at radius 2 is 2.35 bits per heavy atom. The third kappa shape index (κ3) is 2.11. The Morgan fingerprint density at radius 3 is 3.06 bits per heavy atom. The average molecular weight is 236 g/mol. The van der Waals surface area contributed by atoms with Gasteiger partial charge in [0, 0.05) is 13.0 Å². The van der Waals surface area contributed by atoms with E-state index in [2.05, 4.69) is 25.3 Å². The Bertz CT molecular complexity index is 501. The minimum atomic E-state index is 0.152. The molecule has 0 aliphatic carbocycles. The number of hydrogen-bond acceptors (Lipinski definition) is 7. The second kappa shape index (κ2) is 4.13. The highest BCUT2D eigenvalue weighted by Crippen LogP contribution is 2.18. The molecular formula is C9H12N6O2. The first-order chi connectivity index (χ1) is 8.31. The summed E-state index contributed by atoms with van der Waals surface area (Å²) in [4.78, 5) is 8.12. The van der Waals surface area contributed by atoms with Crippen LogP contribution in [0.25, 0.3) is 11.7 Å². The van der Waals surface area contributed by atoms with Gasteiger partial charge >= 0.3 is 0 Å². The van der Waals surface area contributed by atoms with E-state index in [0.717, 1.165) is 19.4 Å². The predicted octanol–water partition coefficient (Wildman–Crippen LogP) is 0.158. The van der Waals surface area contributed by atoms with Gasteiger partial charge < -0.3 is 15.0 Å². The van der Waals surface area contributed by atoms with Crippen LogP contribution in [0.15, 0.2) is 4.52 Å². The summed E-state index contributed by atoms with van der Waals surface area (Å²) < 4.78 is 10.6. The molecule has 0 aromatic carbocycles. The lowest BCUT2D eigenvalue weighted by Crippen LogP contribution is -2.09. The molecule has 90 valence electrons. The Morgan fingerprint density at radius 1 is 1.41 bits per heavy atom. The van der Waals surface area contributed by atoms with E-state index in [9.17, 15) is 0 Å². The molecule has 3 rings (SSSR count). The van der Waals surface area contributed by atoms with Crippen molar-refractivity contribution in [3.8, 4) is 11.7 Å². The lowest BCUT2D eigenvalue weighted by atomic mass is 10.2. The summed E-state index contributed by atoms with van der Waals surface area (Å²) >= 11 is 0. The van der Waals surface area contributed by atoms with Gasteiger partial charge in [-0.2, -0.15) is 9.97 Å². The van der Waals surface area contributed by atoms with E-state index in [0.29, 0.717) is 24.0 Å². The molecule has 1 saturated heterocycles. The zero-order valence-corrected chi connectivity index (χ0v) is 9.09. The molecule has 3 heterocycles. The maximum atomic E-state index is 5.50. The van der Waals surface area contributed by atoms with E-state index in [1.807, 2.05) is 0 Å². The van der Waals surface area contributed by atoms with Gasteiger partial charge in [0.1, 0.15) is 0 Å². The van der Waals surface area contributed by atoms with Crippen LogP contribution in [0, 0.1) is 0 Å². The van der Waals surface area contributed by atoms with E-state index in [1.165, 1.54) is 0 Å². The fourth-order valence-corrected chi connectivity index (χ4v) is 1.81. The molecule has 2 aromatic heterocycles. The number of H-pyrrole nitrogens is 1. The molecule has 8 heteroatoms. The van der Waals surface area contributed by atoms with E-state index in [4.69, 9.17) is 15.0 Å². The van der Waals surface area contributed by atoms with Crippen molar-refractivity contribution in [1.29, 1.82) is 0 Å². The SMILES string of the molecule is Nc1n[nH]c(-c2nc(CC3CCCO3)no2)n1. The number of hydrogen-bond donors (Lipinski definition) is 2. The Kier molecular flexibility index (Phi) is 2.48. The zero-order valence-electron chi connectivity index (χ0n) is 9.09. The van der Waals surface area contributed by atoms with Gasteiger partial charge in [0.05, 0.1) is 6.10 Å². The highest BCUT2D eigenvalue weighted by atomic mass is 16.5. The van der Waals surface area contributed by atoms with Crippen LogP contribution in [0.4, 0.5) is 5.95 Å². The van der Waals surface area contributed by atoms with Crippen LogP contribution >= 0.6 is 0 Å². The van der Waals surface area contributed by atoms with Crippen LogP contribution in [-0.2, 0) is 11.2 Å². The van der Waals surface area contributed by atoms with Crippen molar-refractivity contribution in [3.05, 3.63) is 5.82 Å².